The Morgan fingerprint density at radius 1 is 1.25 bits per heavy atom. The molecule has 0 heterocycles. The van der Waals surface area contributed by atoms with Gasteiger partial charge in [-0.3, -0.25) is 0 Å². The Hall–Kier alpha value is -0.706. The Morgan fingerprint density at radius 3 is 2.31 bits per heavy atom. The van der Waals surface area contributed by atoms with Crippen LogP contribution in [0.5, 0.6) is 0 Å². The van der Waals surface area contributed by atoms with Crippen LogP contribution in [0.1, 0.15) is 12.8 Å². The number of rotatable bonds is 8. The van der Waals surface area contributed by atoms with Crippen molar-refractivity contribution in [2.24, 2.45) is 0 Å². The lowest BCUT2D eigenvalue weighted by Crippen LogP contribution is -2.42. The van der Waals surface area contributed by atoms with Gasteiger partial charge in [0.15, 0.2) is 9.04 Å². The number of nitriles is 2. The van der Waals surface area contributed by atoms with Gasteiger partial charge in [0, 0.05) is 38.8 Å². The maximum atomic E-state index is 10.2. The molecule has 2 unspecified atom stereocenters. The second-order valence-electron chi connectivity index (χ2n) is 3.57. The molecule has 7 heteroatoms. The van der Waals surface area contributed by atoms with Crippen LogP contribution in [0.4, 0.5) is 0 Å². The van der Waals surface area contributed by atoms with E-state index >= 15 is 0 Å². The summed E-state index contributed by atoms with van der Waals surface area (Å²) in [5.74, 6) is 0. The van der Waals surface area contributed by atoms with Gasteiger partial charge in [-0.1, -0.05) is 0 Å². The van der Waals surface area contributed by atoms with Crippen molar-refractivity contribution in [3.63, 3.8) is 0 Å². The fraction of sp³-hybridized carbons (Fsp3) is 0.778. The molecule has 90 valence electrons. The van der Waals surface area contributed by atoms with E-state index in [1.807, 2.05) is 6.07 Å². The zero-order valence-corrected chi connectivity index (χ0v) is 11.9. The van der Waals surface area contributed by atoms with Crippen molar-refractivity contribution in [1.29, 1.82) is 10.5 Å². The van der Waals surface area contributed by atoms with Gasteiger partial charge in [0.05, 0.1) is 12.1 Å². The molecule has 0 aliphatic carbocycles. The number of nitrogens with zero attached hydrogens (tertiary/aromatic N) is 2. The molecule has 0 aromatic carbocycles. The summed E-state index contributed by atoms with van der Waals surface area (Å²) in [5, 5.41) is 17.0. The molecule has 0 radical (unpaired) electrons. The van der Waals surface area contributed by atoms with E-state index < -0.39 is 17.6 Å². The zero-order valence-electron chi connectivity index (χ0n) is 9.77. The predicted octanol–water partition coefficient (Wildman–Crippen LogP) is 0.804. The monoisotopic (exact) mass is 258 g/mol. The molecule has 0 saturated heterocycles. The molecule has 0 fully saturated rings. The van der Waals surface area contributed by atoms with Gasteiger partial charge >= 0.3 is 8.56 Å². The molecule has 16 heavy (non-hydrogen) atoms. The lowest BCUT2D eigenvalue weighted by atomic mass is 10.6. The molecule has 0 aliphatic rings. The van der Waals surface area contributed by atoms with E-state index in [4.69, 9.17) is 19.4 Å². The van der Waals surface area contributed by atoms with Crippen molar-refractivity contribution in [1.82, 2.24) is 0 Å². The van der Waals surface area contributed by atoms with Crippen molar-refractivity contribution in [3.05, 3.63) is 0 Å². The Labute approximate surface area is 99.2 Å². The Bertz CT molecular complexity index is 277. The van der Waals surface area contributed by atoms with Crippen molar-refractivity contribution in [2.45, 2.75) is 30.6 Å². The maximum absolute atomic E-state index is 10.2. The van der Waals surface area contributed by atoms with Crippen LogP contribution < -0.4 is 0 Å². The summed E-state index contributed by atoms with van der Waals surface area (Å²) in [4.78, 5) is 10.2. The fourth-order valence-electron chi connectivity index (χ4n) is 1.42. The van der Waals surface area contributed by atoms with Crippen molar-refractivity contribution in [2.75, 3.05) is 14.2 Å². The SMILES string of the molecule is CO[SiH](CCC#N)C[Si](O)(CCC#N)OC. The molecular weight excluding hydrogens is 240 g/mol. The van der Waals surface area contributed by atoms with E-state index in [9.17, 15) is 4.80 Å². The molecule has 0 bridgehead atoms. The van der Waals surface area contributed by atoms with Crippen molar-refractivity contribution >= 4 is 17.6 Å². The molecule has 0 spiro atoms. The van der Waals surface area contributed by atoms with Crippen LogP contribution in [0.2, 0.25) is 17.8 Å². The first-order valence-electron chi connectivity index (χ1n) is 5.16. The normalized spacial score (nSPS) is 15.8. The topological polar surface area (TPSA) is 86.3 Å². The lowest BCUT2D eigenvalue weighted by molar-refractivity contribution is 0.290. The summed E-state index contributed by atoms with van der Waals surface area (Å²) in [6, 6.07) is 5.22. The van der Waals surface area contributed by atoms with Gasteiger partial charge in [-0.2, -0.15) is 10.5 Å². The second-order valence-corrected chi connectivity index (χ2v) is 10.3. The van der Waals surface area contributed by atoms with Crippen LogP contribution in [-0.4, -0.2) is 36.6 Å². The Morgan fingerprint density at radius 2 is 1.88 bits per heavy atom. The van der Waals surface area contributed by atoms with Gasteiger partial charge < -0.3 is 13.6 Å². The van der Waals surface area contributed by atoms with Gasteiger partial charge in [-0.15, -0.1) is 0 Å². The number of hydrogen-bond donors (Lipinski definition) is 1. The Kier molecular flexibility index (Phi) is 8.07. The van der Waals surface area contributed by atoms with Crippen LogP contribution in [0, 0.1) is 22.7 Å². The maximum Gasteiger partial charge on any atom is 0.335 e. The first kappa shape index (κ1) is 15.3. The van der Waals surface area contributed by atoms with Crippen LogP contribution >= 0.6 is 0 Å². The smallest absolute Gasteiger partial charge is 0.335 e. The van der Waals surface area contributed by atoms with Crippen molar-refractivity contribution < 1.29 is 13.6 Å². The van der Waals surface area contributed by atoms with Gasteiger partial charge in [0.1, 0.15) is 0 Å². The molecule has 0 aromatic heterocycles. The summed E-state index contributed by atoms with van der Waals surface area (Å²) < 4.78 is 10.5. The zero-order chi connectivity index (χ0) is 12.4. The van der Waals surface area contributed by atoms with Crippen LogP contribution in [0.15, 0.2) is 0 Å². The molecule has 0 amide bonds. The highest BCUT2D eigenvalue weighted by atomic mass is 28.4. The summed E-state index contributed by atoms with van der Waals surface area (Å²) in [6.45, 7) is 0. The minimum absolute atomic E-state index is 0.305. The van der Waals surface area contributed by atoms with E-state index in [0.717, 1.165) is 6.04 Å². The third-order valence-electron chi connectivity index (χ3n) is 2.47. The van der Waals surface area contributed by atoms with E-state index in [1.54, 1.807) is 7.11 Å². The third kappa shape index (κ3) is 6.00. The third-order valence-corrected chi connectivity index (χ3v) is 10.2. The first-order chi connectivity index (χ1) is 7.61. The lowest BCUT2D eigenvalue weighted by Gasteiger charge is -2.25. The van der Waals surface area contributed by atoms with Gasteiger partial charge in [0.2, 0.25) is 0 Å². The minimum Gasteiger partial charge on any atom is -0.423 e. The highest BCUT2D eigenvalue weighted by Gasteiger charge is 2.35. The van der Waals surface area contributed by atoms with Crippen LogP contribution in [0.25, 0.3) is 0 Å². The highest BCUT2D eigenvalue weighted by Crippen LogP contribution is 2.19. The standard InChI is InChI=1S/C9H18N2O3Si2/c1-13-15(7-3-5-10)9-16(12,14-2)8-4-6-11/h12,15H,3-4,7-9H2,1-2H3. The summed E-state index contributed by atoms with van der Waals surface area (Å²) in [7, 11) is -1.24. The number of hydrogen-bond acceptors (Lipinski definition) is 5. The predicted molar refractivity (Wildman–Crippen MR) is 64.0 cm³/mol. The molecule has 0 aromatic rings. The fourth-order valence-corrected chi connectivity index (χ4v) is 8.63. The first-order valence-corrected chi connectivity index (χ1v) is 9.53. The van der Waals surface area contributed by atoms with Crippen LogP contribution in [0.3, 0.4) is 0 Å². The molecule has 0 rings (SSSR count). The Balaban J connectivity index is 4.26. The molecular formula is C9H18N2O3Si2. The van der Waals surface area contributed by atoms with E-state index in [0.29, 0.717) is 24.6 Å². The molecule has 0 saturated carbocycles. The van der Waals surface area contributed by atoms with Crippen LogP contribution in [-0.2, 0) is 8.85 Å². The van der Waals surface area contributed by atoms with E-state index in [-0.39, 0.29) is 0 Å². The molecule has 2 atom stereocenters. The van der Waals surface area contributed by atoms with Gasteiger partial charge in [0.25, 0.3) is 0 Å². The summed E-state index contributed by atoms with van der Waals surface area (Å²) in [5.41, 5.74) is 0.545. The average Bonchev–Trinajstić information content (AvgIpc) is 2.32. The van der Waals surface area contributed by atoms with Gasteiger partial charge in [-0.05, 0) is 6.04 Å². The summed E-state index contributed by atoms with van der Waals surface area (Å²) >= 11 is 0. The van der Waals surface area contributed by atoms with Crippen molar-refractivity contribution in [3.8, 4) is 12.1 Å². The molecule has 5 nitrogen and oxygen atoms in total. The summed E-state index contributed by atoms with van der Waals surface area (Å²) in [6.07, 6.45) is 0.761. The second kappa shape index (κ2) is 8.45. The molecule has 0 aliphatic heterocycles. The average molecular weight is 258 g/mol. The van der Waals surface area contributed by atoms with E-state index in [2.05, 4.69) is 6.07 Å². The largest absolute Gasteiger partial charge is 0.423 e. The van der Waals surface area contributed by atoms with E-state index in [1.165, 1.54) is 7.11 Å². The molecule has 1 N–H and O–H groups in total. The quantitative estimate of drug-likeness (QED) is 0.651. The highest BCUT2D eigenvalue weighted by molar-refractivity contribution is 6.79. The minimum atomic E-state index is -2.77. The van der Waals surface area contributed by atoms with Gasteiger partial charge in [-0.25, -0.2) is 0 Å².